The summed E-state index contributed by atoms with van der Waals surface area (Å²) >= 11 is 0. The van der Waals surface area contributed by atoms with E-state index < -0.39 is 5.91 Å². The van der Waals surface area contributed by atoms with E-state index in [1.807, 2.05) is 94.4 Å². The summed E-state index contributed by atoms with van der Waals surface area (Å²) in [6.45, 7) is 12.2. The number of rotatable bonds is 3. The Bertz CT molecular complexity index is 1160. The van der Waals surface area contributed by atoms with Crippen LogP contribution in [0, 0.1) is 0 Å². The molecule has 4 aromatic rings. The molecule has 4 heteroatoms. The molecule has 3 aromatic carbocycles. The van der Waals surface area contributed by atoms with Crippen molar-refractivity contribution >= 4 is 22.5 Å². The van der Waals surface area contributed by atoms with Gasteiger partial charge in [-0.25, -0.2) is 0 Å². The summed E-state index contributed by atoms with van der Waals surface area (Å²) in [5.41, 5.74) is 3.07. The van der Waals surface area contributed by atoms with Crippen molar-refractivity contribution in [1.29, 1.82) is 0 Å². The van der Waals surface area contributed by atoms with Gasteiger partial charge in [0.05, 0.1) is 0 Å². The Balaban J connectivity index is 0.000000705. The lowest BCUT2D eigenvalue weighted by Gasteiger charge is -2.11. The predicted molar refractivity (Wildman–Crippen MR) is 143 cm³/mol. The summed E-state index contributed by atoms with van der Waals surface area (Å²) < 4.78 is 0. The Morgan fingerprint density at radius 1 is 0.788 bits per heavy atom. The lowest BCUT2D eigenvalue weighted by atomic mass is 10.0. The molecule has 0 fully saturated rings. The Labute approximate surface area is 197 Å². The van der Waals surface area contributed by atoms with Crippen molar-refractivity contribution in [3.63, 3.8) is 0 Å². The first-order valence-corrected chi connectivity index (χ1v) is 11.7. The third kappa shape index (κ3) is 7.46. The number of para-hydroxylation sites is 2. The molecule has 4 nitrogen and oxygen atoms in total. The zero-order valence-electron chi connectivity index (χ0n) is 20.6. The van der Waals surface area contributed by atoms with Crippen molar-refractivity contribution < 1.29 is 4.79 Å². The van der Waals surface area contributed by atoms with Crippen molar-refractivity contribution in [2.75, 3.05) is 5.32 Å². The van der Waals surface area contributed by atoms with Gasteiger partial charge in [0.15, 0.2) is 0 Å². The van der Waals surface area contributed by atoms with Gasteiger partial charge < -0.3 is 10.3 Å². The molecule has 33 heavy (non-hydrogen) atoms. The van der Waals surface area contributed by atoms with Crippen LogP contribution in [-0.4, -0.2) is 10.9 Å². The van der Waals surface area contributed by atoms with Gasteiger partial charge in [-0.05, 0) is 23.8 Å². The third-order valence-electron chi connectivity index (χ3n) is 4.29. The molecule has 1 heterocycles. The first-order chi connectivity index (χ1) is 16.2. The largest absolute Gasteiger partial charge is 0.360 e. The minimum absolute atomic E-state index is 0.0894. The van der Waals surface area contributed by atoms with Gasteiger partial charge in [0.25, 0.3) is 5.91 Å². The van der Waals surface area contributed by atoms with Crippen LogP contribution in [-0.2, 0) is 0 Å². The molecule has 1 amide bonds. The van der Waals surface area contributed by atoms with Gasteiger partial charge in [-0.2, -0.15) is 0 Å². The number of aromatic amines is 1. The minimum atomic E-state index is -0.430. The maximum Gasteiger partial charge on any atom is 0.261 e. The number of carbonyl (C=O) groups is 1. The normalized spacial score (nSPS) is 9.27. The summed E-state index contributed by atoms with van der Waals surface area (Å²) in [6.07, 6.45) is 2.71. The van der Waals surface area contributed by atoms with E-state index in [1.165, 1.54) is 12.6 Å². The highest BCUT2D eigenvalue weighted by Gasteiger charge is 2.14. The summed E-state index contributed by atoms with van der Waals surface area (Å²) in [4.78, 5) is 28.4. The van der Waals surface area contributed by atoms with Crippen LogP contribution >= 0.6 is 0 Å². The monoisotopic (exact) mass is 444 g/mol. The Hall–Kier alpha value is -3.66. The van der Waals surface area contributed by atoms with E-state index in [0.717, 1.165) is 11.1 Å². The van der Waals surface area contributed by atoms with E-state index in [2.05, 4.69) is 24.1 Å². The lowest BCUT2D eigenvalue weighted by molar-refractivity contribution is 0.102. The molecule has 4 rings (SSSR count). The zero-order valence-corrected chi connectivity index (χ0v) is 20.6. The molecule has 0 saturated carbocycles. The van der Waals surface area contributed by atoms with Crippen LogP contribution in [0.1, 0.15) is 58.3 Å². The van der Waals surface area contributed by atoms with E-state index in [9.17, 15) is 9.59 Å². The number of carbonyl (C=O) groups excluding carboxylic acids is 1. The molecule has 0 atom stereocenters. The van der Waals surface area contributed by atoms with Crippen molar-refractivity contribution in [3.05, 3.63) is 101 Å². The summed E-state index contributed by atoms with van der Waals surface area (Å²) in [6, 6.07) is 24.5. The van der Waals surface area contributed by atoms with E-state index in [0.29, 0.717) is 16.6 Å². The molecule has 174 valence electrons. The van der Waals surface area contributed by atoms with E-state index in [1.54, 1.807) is 12.1 Å². The molecule has 0 spiro atoms. The highest BCUT2D eigenvalue weighted by molar-refractivity contribution is 6.07. The van der Waals surface area contributed by atoms with E-state index in [-0.39, 0.29) is 11.0 Å². The van der Waals surface area contributed by atoms with Gasteiger partial charge in [0.1, 0.15) is 5.56 Å². The molecule has 0 unspecified atom stereocenters. The van der Waals surface area contributed by atoms with Crippen LogP contribution in [0.5, 0.6) is 0 Å². The molecule has 0 saturated heterocycles. The number of hydrogen-bond acceptors (Lipinski definition) is 2. The van der Waals surface area contributed by atoms with Crippen LogP contribution in [0.2, 0.25) is 0 Å². The average Bonchev–Trinajstić information content (AvgIpc) is 2.88. The smallest absolute Gasteiger partial charge is 0.261 e. The number of amides is 1. The lowest BCUT2D eigenvalue weighted by Crippen LogP contribution is -2.22. The second kappa shape index (κ2) is 15.2. The second-order valence-electron chi connectivity index (χ2n) is 6.65. The molecular formula is C29H36N2O2. The van der Waals surface area contributed by atoms with E-state index >= 15 is 0 Å². The minimum Gasteiger partial charge on any atom is -0.360 e. The van der Waals surface area contributed by atoms with Crippen LogP contribution in [0.15, 0.2) is 89.9 Å². The SMILES string of the molecule is CC.CC.CCC.O=C(Nc1ccccc1-c1ccccc1)c1c[nH]c2ccccc2c1=O. The molecule has 2 N–H and O–H groups in total. The summed E-state index contributed by atoms with van der Waals surface area (Å²) in [5, 5.41) is 3.37. The Kier molecular flexibility index (Phi) is 12.6. The third-order valence-corrected chi connectivity index (χ3v) is 4.29. The quantitative estimate of drug-likeness (QED) is 0.337. The standard InChI is InChI=1S/C22H16N2O2.C3H8.2C2H6/c25-21-17-11-5-6-12-19(17)23-14-18(21)22(26)24-20-13-7-4-10-16(20)15-8-2-1-3-9-15;1-3-2;2*1-2/h1-14H,(H,23,25)(H,24,26);3H2,1-2H3;2*1-2H3. The maximum atomic E-state index is 12.7. The van der Waals surface area contributed by atoms with Crippen LogP contribution in [0.4, 0.5) is 5.69 Å². The van der Waals surface area contributed by atoms with Gasteiger partial charge >= 0.3 is 0 Å². The number of aromatic nitrogens is 1. The van der Waals surface area contributed by atoms with Crippen molar-refractivity contribution in [2.24, 2.45) is 0 Å². The number of fused-ring (bicyclic) bond motifs is 1. The van der Waals surface area contributed by atoms with E-state index in [4.69, 9.17) is 0 Å². The number of nitrogens with one attached hydrogen (secondary N) is 2. The number of pyridine rings is 1. The topological polar surface area (TPSA) is 62.0 Å². The fraction of sp³-hybridized carbons (Fsp3) is 0.241. The van der Waals surface area contributed by atoms with Crippen molar-refractivity contribution in [1.82, 2.24) is 4.98 Å². The molecule has 0 aliphatic carbocycles. The predicted octanol–water partition coefficient (Wildman–Crippen LogP) is 7.92. The van der Waals surface area contributed by atoms with Gasteiger partial charge in [-0.15, -0.1) is 0 Å². The van der Waals surface area contributed by atoms with Gasteiger partial charge in [-0.1, -0.05) is 109 Å². The van der Waals surface area contributed by atoms with Gasteiger partial charge in [0, 0.05) is 28.4 Å². The van der Waals surface area contributed by atoms with Crippen LogP contribution in [0.25, 0.3) is 22.0 Å². The highest BCUT2D eigenvalue weighted by Crippen LogP contribution is 2.27. The maximum absolute atomic E-state index is 12.7. The van der Waals surface area contributed by atoms with Gasteiger partial charge in [0.2, 0.25) is 5.43 Å². The Morgan fingerprint density at radius 2 is 1.33 bits per heavy atom. The fourth-order valence-electron chi connectivity index (χ4n) is 2.99. The van der Waals surface area contributed by atoms with Crippen LogP contribution < -0.4 is 10.7 Å². The molecule has 0 aliphatic heterocycles. The van der Waals surface area contributed by atoms with Gasteiger partial charge in [-0.3, -0.25) is 9.59 Å². The first-order valence-electron chi connectivity index (χ1n) is 11.7. The first kappa shape index (κ1) is 27.4. The molecule has 0 radical (unpaired) electrons. The number of anilines is 1. The number of H-pyrrole nitrogens is 1. The average molecular weight is 445 g/mol. The highest BCUT2D eigenvalue weighted by atomic mass is 16.2. The van der Waals surface area contributed by atoms with Crippen molar-refractivity contribution in [2.45, 2.75) is 48.0 Å². The van der Waals surface area contributed by atoms with Crippen molar-refractivity contribution in [3.8, 4) is 11.1 Å². The Morgan fingerprint density at radius 3 is 2.00 bits per heavy atom. The fourth-order valence-corrected chi connectivity index (χ4v) is 2.99. The number of benzene rings is 3. The molecule has 1 aromatic heterocycles. The summed E-state index contributed by atoms with van der Waals surface area (Å²) in [5.74, 6) is -0.430. The second-order valence-corrected chi connectivity index (χ2v) is 6.65. The zero-order chi connectivity index (χ0) is 24.6. The summed E-state index contributed by atoms with van der Waals surface area (Å²) in [7, 11) is 0. The molecular weight excluding hydrogens is 408 g/mol. The number of hydrogen-bond donors (Lipinski definition) is 2. The molecule has 0 aliphatic rings. The molecule has 0 bridgehead atoms. The van der Waals surface area contributed by atoms with Crippen LogP contribution in [0.3, 0.4) is 0 Å².